The lowest BCUT2D eigenvalue weighted by atomic mass is 10.2. The average molecular weight is 425 g/mol. The van der Waals surface area contributed by atoms with Gasteiger partial charge in [-0.2, -0.15) is 0 Å². The fourth-order valence-electron chi connectivity index (χ4n) is 2.04. The number of hydrogen-bond donors (Lipinski definition) is 1. The van der Waals surface area contributed by atoms with Gasteiger partial charge in [-0.1, -0.05) is 0 Å². The van der Waals surface area contributed by atoms with Crippen molar-refractivity contribution in [3.05, 3.63) is 75.1 Å². The van der Waals surface area contributed by atoms with E-state index in [1.165, 1.54) is 12.1 Å². The smallest absolute Gasteiger partial charge is 0.134 e. The van der Waals surface area contributed by atoms with Crippen LogP contribution in [0.2, 0.25) is 0 Å². The molecule has 0 aliphatic rings. The number of halogens is 3. The van der Waals surface area contributed by atoms with Gasteiger partial charge in [0.25, 0.3) is 0 Å². The van der Waals surface area contributed by atoms with E-state index in [0.717, 1.165) is 31.7 Å². The van der Waals surface area contributed by atoms with Crippen molar-refractivity contribution in [3.8, 4) is 11.3 Å². The maximum absolute atomic E-state index is 12.9. The van der Waals surface area contributed by atoms with E-state index >= 15 is 0 Å². The minimum atomic E-state index is -0.252. The van der Waals surface area contributed by atoms with Gasteiger partial charge in [0, 0.05) is 20.2 Å². The Labute approximate surface area is 144 Å². The second-order valence-electron chi connectivity index (χ2n) is 4.76. The largest absolute Gasteiger partial charge is 0.459 e. The highest BCUT2D eigenvalue weighted by Crippen LogP contribution is 2.27. The molecule has 2 nitrogen and oxygen atoms in total. The first-order chi connectivity index (χ1) is 10.6. The zero-order valence-electron chi connectivity index (χ0n) is 11.4. The lowest BCUT2D eigenvalue weighted by molar-refractivity contribution is 0.531. The van der Waals surface area contributed by atoms with E-state index in [1.54, 1.807) is 12.1 Å². The third kappa shape index (κ3) is 3.59. The second-order valence-corrected chi connectivity index (χ2v) is 6.46. The first kappa shape index (κ1) is 15.3. The minimum absolute atomic E-state index is 0.252. The Morgan fingerprint density at radius 2 is 1.68 bits per heavy atom. The van der Waals surface area contributed by atoms with Crippen molar-refractivity contribution in [1.82, 2.24) is 0 Å². The summed E-state index contributed by atoms with van der Waals surface area (Å²) in [5, 5.41) is 3.30. The molecule has 5 heteroatoms. The standard InChI is InChI=1S/C17H12Br2FNO/c18-15-7-5-13(9-16(15)19)21-10-14-6-8-17(22-14)11-1-3-12(20)4-2-11/h1-9,21H,10H2. The van der Waals surface area contributed by atoms with Crippen molar-refractivity contribution in [3.63, 3.8) is 0 Å². The van der Waals surface area contributed by atoms with Crippen molar-refractivity contribution < 1.29 is 8.81 Å². The molecule has 3 aromatic rings. The summed E-state index contributed by atoms with van der Waals surface area (Å²) < 4.78 is 20.7. The third-order valence-electron chi connectivity index (χ3n) is 3.18. The lowest BCUT2D eigenvalue weighted by Gasteiger charge is -2.06. The van der Waals surface area contributed by atoms with Crippen molar-refractivity contribution in [2.75, 3.05) is 5.32 Å². The molecule has 0 fully saturated rings. The van der Waals surface area contributed by atoms with Crippen molar-refractivity contribution in [2.45, 2.75) is 6.54 Å². The highest BCUT2D eigenvalue weighted by atomic mass is 79.9. The molecule has 0 atom stereocenters. The summed E-state index contributed by atoms with van der Waals surface area (Å²) in [5.74, 6) is 1.30. The normalized spacial score (nSPS) is 10.7. The highest BCUT2D eigenvalue weighted by molar-refractivity contribution is 9.13. The van der Waals surface area contributed by atoms with Gasteiger partial charge < -0.3 is 9.73 Å². The Bertz CT molecular complexity index is 784. The molecule has 0 aliphatic carbocycles. The van der Waals surface area contributed by atoms with E-state index in [2.05, 4.69) is 37.2 Å². The zero-order valence-corrected chi connectivity index (χ0v) is 14.6. The van der Waals surface area contributed by atoms with Crippen LogP contribution >= 0.6 is 31.9 Å². The number of anilines is 1. The number of benzene rings is 2. The van der Waals surface area contributed by atoms with Crippen LogP contribution in [0.3, 0.4) is 0 Å². The molecule has 0 aliphatic heterocycles. The molecule has 1 N–H and O–H groups in total. The molecule has 0 radical (unpaired) electrons. The van der Waals surface area contributed by atoms with Crippen LogP contribution < -0.4 is 5.32 Å². The predicted octanol–water partition coefficient (Wildman–Crippen LogP) is 6.22. The van der Waals surface area contributed by atoms with Gasteiger partial charge in [-0.15, -0.1) is 0 Å². The summed E-state index contributed by atoms with van der Waals surface area (Å²) in [4.78, 5) is 0. The molecule has 0 bridgehead atoms. The molecule has 1 heterocycles. The fraction of sp³-hybridized carbons (Fsp3) is 0.0588. The van der Waals surface area contributed by atoms with Gasteiger partial charge in [0.15, 0.2) is 0 Å². The quantitative estimate of drug-likeness (QED) is 0.537. The number of hydrogen-bond acceptors (Lipinski definition) is 2. The maximum Gasteiger partial charge on any atom is 0.134 e. The molecule has 0 saturated carbocycles. The topological polar surface area (TPSA) is 25.2 Å². The maximum atomic E-state index is 12.9. The summed E-state index contributed by atoms with van der Waals surface area (Å²) in [6.45, 7) is 0.579. The Kier molecular flexibility index (Phi) is 4.64. The van der Waals surface area contributed by atoms with E-state index in [0.29, 0.717) is 6.54 Å². The molecule has 22 heavy (non-hydrogen) atoms. The molecule has 0 unspecified atom stereocenters. The molecule has 112 valence electrons. The molecule has 3 rings (SSSR count). The summed E-state index contributed by atoms with van der Waals surface area (Å²) in [6, 6.07) is 16.0. The van der Waals surface area contributed by atoms with Crippen LogP contribution in [-0.4, -0.2) is 0 Å². The van der Waals surface area contributed by atoms with Crippen LogP contribution in [0.25, 0.3) is 11.3 Å². The van der Waals surface area contributed by atoms with Gasteiger partial charge in [-0.3, -0.25) is 0 Å². The Morgan fingerprint density at radius 1 is 0.909 bits per heavy atom. The van der Waals surface area contributed by atoms with E-state index < -0.39 is 0 Å². The van der Waals surface area contributed by atoms with Gasteiger partial charge in [0.2, 0.25) is 0 Å². The SMILES string of the molecule is Fc1ccc(-c2ccc(CNc3ccc(Br)c(Br)c3)o2)cc1. The van der Waals surface area contributed by atoms with E-state index in [4.69, 9.17) is 4.42 Å². The summed E-state index contributed by atoms with van der Waals surface area (Å²) in [7, 11) is 0. The summed E-state index contributed by atoms with van der Waals surface area (Å²) >= 11 is 6.91. The van der Waals surface area contributed by atoms with Crippen molar-refractivity contribution >= 4 is 37.5 Å². The van der Waals surface area contributed by atoms with Crippen molar-refractivity contribution in [2.24, 2.45) is 0 Å². The van der Waals surface area contributed by atoms with Gasteiger partial charge in [-0.05, 0) is 86.5 Å². The Morgan fingerprint density at radius 3 is 2.41 bits per heavy atom. The summed E-state index contributed by atoms with van der Waals surface area (Å²) in [5.41, 5.74) is 1.86. The van der Waals surface area contributed by atoms with Crippen LogP contribution in [0.15, 0.2) is 68.0 Å². The predicted molar refractivity (Wildman–Crippen MR) is 93.3 cm³/mol. The first-order valence-electron chi connectivity index (χ1n) is 6.65. The van der Waals surface area contributed by atoms with Crippen LogP contribution in [0.4, 0.5) is 10.1 Å². The number of rotatable bonds is 4. The van der Waals surface area contributed by atoms with Crippen LogP contribution in [0.1, 0.15) is 5.76 Å². The molecule has 0 saturated heterocycles. The van der Waals surface area contributed by atoms with Crippen LogP contribution in [0, 0.1) is 5.82 Å². The monoisotopic (exact) mass is 423 g/mol. The zero-order chi connectivity index (χ0) is 15.5. The average Bonchev–Trinajstić information content (AvgIpc) is 2.98. The minimum Gasteiger partial charge on any atom is -0.459 e. The number of nitrogens with one attached hydrogen (secondary N) is 1. The van der Waals surface area contributed by atoms with E-state index in [1.807, 2.05) is 30.3 Å². The first-order valence-corrected chi connectivity index (χ1v) is 8.24. The van der Waals surface area contributed by atoms with Crippen molar-refractivity contribution in [1.29, 1.82) is 0 Å². The van der Waals surface area contributed by atoms with Crippen LogP contribution in [-0.2, 0) is 6.54 Å². The van der Waals surface area contributed by atoms with Gasteiger partial charge in [0.1, 0.15) is 17.3 Å². The van der Waals surface area contributed by atoms with Gasteiger partial charge in [-0.25, -0.2) is 4.39 Å². The second kappa shape index (κ2) is 6.67. The van der Waals surface area contributed by atoms with E-state index in [-0.39, 0.29) is 5.82 Å². The molecular formula is C17H12Br2FNO. The van der Waals surface area contributed by atoms with Crippen LogP contribution in [0.5, 0.6) is 0 Å². The molecule has 1 aromatic heterocycles. The molecular weight excluding hydrogens is 413 g/mol. The Balaban J connectivity index is 1.69. The number of furan rings is 1. The third-order valence-corrected chi connectivity index (χ3v) is 5.06. The van der Waals surface area contributed by atoms with Gasteiger partial charge in [0.05, 0.1) is 6.54 Å². The highest BCUT2D eigenvalue weighted by Gasteiger charge is 2.05. The van der Waals surface area contributed by atoms with Gasteiger partial charge >= 0.3 is 0 Å². The lowest BCUT2D eigenvalue weighted by Crippen LogP contribution is -1.97. The Hall–Kier alpha value is -1.59. The molecule has 0 spiro atoms. The molecule has 2 aromatic carbocycles. The summed E-state index contributed by atoms with van der Waals surface area (Å²) in [6.07, 6.45) is 0. The van der Waals surface area contributed by atoms with E-state index in [9.17, 15) is 4.39 Å². The fourth-order valence-corrected chi connectivity index (χ4v) is 2.66. The molecule has 0 amide bonds.